The second-order valence-electron chi connectivity index (χ2n) is 5.71. The monoisotopic (exact) mass is 354 g/mol. The Labute approximate surface area is 151 Å². The van der Waals surface area contributed by atoms with Crippen LogP contribution in [0.2, 0.25) is 5.02 Å². The molecule has 0 aliphatic carbocycles. The lowest BCUT2D eigenvalue weighted by molar-refractivity contribution is -0.353. The molecule has 2 N–H and O–H groups in total. The molecule has 0 spiro atoms. The number of nitrogens with one attached hydrogen (secondary N) is 2. The minimum Gasteiger partial charge on any atom is -1.00 e. The van der Waals surface area contributed by atoms with E-state index in [9.17, 15) is 0 Å². The Kier molecular flexibility index (Phi) is 4.61. The lowest BCUT2D eigenvalue weighted by Gasteiger charge is -2.10. The third-order valence-corrected chi connectivity index (χ3v) is 4.24. The molecular weight excluding hydrogens is 339 g/mol. The van der Waals surface area contributed by atoms with Crippen LogP contribution in [-0.4, -0.2) is 0 Å². The molecule has 3 aromatic carbocycles. The standard InChI is InChI=1S/C20H15ClN2.ClH/c1-13-11-19(23-16-7-4-6-15(21)12-16)18-10-9-14-5-2-3-8-17(14)20(18)22-13;/h2-12H,1H3,(H,22,23);1H. The molecule has 0 fully saturated rings. The Hall–Kier alpha value is -2.29. The third kappa shape index (κ3) is 3.03. The van der Waals surface area contributed by atoms with Gasteiger partial charge in [0.1, 0.15) is 0 Å². The normalized spacial score (nSPS) is 10.6. The summed E-state index contributed by atoms with van der Waals surface area (Å²) in [4.78, 5) is 3.50. The molecule has 0 atom stereocenters. The summed E-state index contributed by atoms with van der Waals surface area (Å²) in [5.74, 6) is 0. The number of hydrogen-bond acceptors (Lipinski definition) is 1. The highest BCUT2D eigenvalue weighted by Gasteiger charge is 2.12. The highest BCUT2D eigenvalue weighted by atomic mass is 35.5. The van der Waals surface area contributed by atoms with E-state index in [-0.39, 0.29) is 12.4 Å². The fraction of sp³-hybridized carbons (Fsp3) is 0.0500. The van der Waals surface area contributed by atoms with Gasteiger partial charge in [-0.15, -0.1) is 0 Å². The first-order chi connectivity index (χ1) is 11.2. The smallest absolute Gasteiger partial charge is 0.221 e. The molecule has 4 heteroatoms. The van der Waals surface area contributed by atoms with Crippen LogP contribution >= 0.6 is 11.6 Å². The Morgan fingerprint density at radius 2 is 1.71 bits per heavy atom. The van der Waals surface area contributed by atoms with Crippen LogP contribution in [0.5, 0.6) is 0 Å². The molecule has 24 heavy (non-hydrogen) atoms. The van der Waals surface area contributed by atoms with E-state index in [1.165, 1.54) is 10.8 Å². The summed E-state index contributed by atoms with van der Waals surface area (Å²) in [6.45, 7) is 2.07. The third-order valence-electron chi connectivity index (χ3n) is 4.01. The number of benzene rings is 3. The van der Waals surface area contributed by atoms with Crippen molar-refractivity contribution in [2.24, 2.45) is 0 Å². The number of aryl methyl sites for hydroxylation is 1. The van der Waals surface area contributed by atoms with Gasteiger partial charge in [0.15, 0.2) is 5.69 Å². The summed E-state index contributed by atoms with van der Waals surface area (Å²) in [6.07, 6.45) is 0. The van der Waals surface area contributed by atoms with Crippen LogP contribution < -0.4 is 22.7 Å². The van der Waals surface area contributed by atoms with Gasteiger partial charge in [-0.05, 0) is 35.7 Å². The van der Waals surface area contributed by atoms with Gasteiger partial charge in [-0.2, -0.15) is 0 Å². The van der Waals surface area contributed by atoms with Crippen LogP contribution in [0.1, 0.15) is 5.69 Å². The number of pyridine rings is 1. The maximum Gasteiger partial charge on any atom is 0.221 e. The van der Waals surface area contributed by atoms with Gasteiger partial charge in [0.25, 0.3) is 0 Å². The van der Waals surface area contributed by atoms with Crippen LogP contribution in [-0.2, 0) is 0 Å². The molecule has 120 valence electrons. The molecule has 0 aliphatic heterocycles. The molecule has 4 aromatic rings. The zero-order valence-electron chi connectivity index (χ0n) is 13.1. The summed E-state index contributed by atoms with van der Waals surface area (Å²) in [7, 11) is 0. The van der Waals surface area contributed by atoms with E-state index in [4.69, 9.17) is 11.6 Å². The van der Waals surface area contributed by atoms with Gasteiger partial charge in [-0.25, -0.2) is 4.98 Å². The SMILES string of the molecule is Cc1cc(Nc2cccc(Cl)c2)c2ccc3ccccc3c2[nH+]1.[Cl-]. The van der Waals surface area contributed by atoms with E-state index in [1.54, 1.807) is 0 Å². The molecular formula is C20H16Cl2N2. The van der Waals surface area contributed by atoms with Crippen LogP contribution in [0, 0.1) is 6.92 Å². The Morgan fingerprint density at radius 3 is 2.54 bits per heavy atom. The van der Waals surface area contributed by atoms with Crippen LogP contribution in [0.15, 0.2) is 66.7 Å². The number of aromatic nitrogens is 1. The van der Waals surface area contributed by atoms with Gasteiger partial charge >= 0.3 is 0 Å². The van der Waals surface area contributed by atoms with E-state index in [0.717, 1.165) is 33.0 Å². The van der Waals surface area contributed by atoms with Crippen LogP contribution in [0.25, 0.3) is 21.7 Å². The first-order valence-corrected chi connectivity index (χ1v) is 7.95. The van der Waals surface area contributed by atoms with Gasteiger partial charge in [-0.3, -0.25) is 0 Å². The van der Waals surface area contributed by atoms with Gasteiger partial charge in [0.05, 0.1) is 16.5 Å². The molecule has 1 heterocycles. The fourth-order valence-electron chi connectivity index (χ4n) is 2.98. The highest BCUT2D eigenvalue weighted by Crippen LogP contribution is 2.30. The Bertz CT molecular complexity index is 1030. The van der Waals surface area contributed by atoms with Crippen molar-refractivity contribution in [3.63, 3.8) is 0 Å². The van der Waals surface area contributed by atoms with E-state index in [2.05, 4.69) is 59.7 Å². The largest absolute Gasteiger partial charge is 1.00 e. The van der Waals surface area contributed by atoms with E-state index >= 15 is 0 Å². The summed E-state index contributed by atoms with van der Waals surface area (Å²) in [5, 5.41) is 7.83. The molecule has 0 amide bonds. The van der Waals surface area contributed by atoms with Crippen molar-refractivity contribution in [1.29, 1.82) is 0 Å². The zero-order valence-corrected chi connectivity index (χ0v) is 14.6. The average molecular weight is 355 g/mol. The van der Waals surface area contributed by atoms with Gasteiger partial charge in [0.2, 0.25) is 5.52 Å². The minimum atomic E-state index is 0. The molecule has 2 nitrogen and oxygen atoms in total. The first-order valence-electron chi connectivity index (χ1n) is 7.58. The molecule has 4 rings (SSSR count). The molecule has 0 saturated carbocycles. The predicted octanol–water partition coefficient (Wildman–Crippen LogP) is 2.52. The second kappa shape index (κ2) is 6.68. The van der Waals surface area contributed by atoms with Gasteiger partial charge in [0, 0.05) is 23.7 Å². The van der Waals surface area contributed by atoms with Crippen molar-refractivity contribution in [2.45, 2.75) is 6.92 Å². The van der Waals surface area contributed by atoms with Crippen molar-refractivity contribution in [3.05, 3.63) is 77.4 Å². The number of anilines is 2. The number of H-pyrrole nitrogens is 1. The molecule has 0 aliphatic rings. The van der Waals surface area contributed by atoms with Crippen molar-refractivity contribution in [3.8, 4) is 0 Å². The Balaban J connectivity index is 0.00000169. The van der Waals surface area contributed by atoms with Crippen molar-refractivity contribution in [2.75, 3.05) is 5.32 Å². The number of rotatable bonds is 2. The molecule has 0 radical (unpaired) electrons. The van der Waals surface area contributed by atoms with Crippen LogP contribution in [0.3, 0.4) is 0 Å². The lowest BCUT2D eigenvalue weighted by Crippen LogP contribution is -3.00. The zero-order chi connectivity index (χ0) is 15.8. The van der Waals surface area contributed by atoms with Crippen molar-refractivity contribution < 1.29 is 17.4 Å². The minimum absolute atomic E-state index is 0. The number of halogens is 2. The number of fused-ring (bicyclic) bond motifs is 3. The summed E-state index contributed by atoms with van der Waals surface area (Å²) in [6, 6.07) is 22.6. The molecule has 0 bridgehead atoms. The van der Waals surface area contributed by atoms with Crippen molar-refractivity contribution in [1.82, 2.24) is 0 Å². The van der Waals surface area contributed by atoms with Gasteiger partial charge in [-0.1, -0.05) is 41.9 Å². The molecule has 1 aromatic heterocycles. The topological polar surface area (TPSA) is 26.2 Å². The summed E-state index contributed by atoms with van der Waals surface area (Å²) >= 11 is 6.09. The summed E-state index contributed by atoms with van der Waals surface area (Å²) < 4.78 is 0. The molecule has 0 saturated heterocycles. The second-order valence-corrected chi connectivity index (χ2v) is 6.15. The van der Waals surface area contributed by atoms with E-state index in [0.29, 0.717) is 0 Å². The van der Waals surface area contributed by atoms with Crippen LogP contribution in [0.4, 0.5) is 11.4 Å². The highest BCUT2D eigenvalue weighted by molar-refractivity contribution is 6.30. The lowest BCUT2D eigenvalue weighted by atomic mass is 10.0. The first kappa shape index (κ1) is 16.6. The summed E-state index contributed by atoms with van der Waals surface area (Å²) in [5.41, 5.74) is 4.31. The predicted molar refractivity (Wildman–Crippen MR) is 97.5 cm³/mol. The fourth-order valence-corrected chi connectivity index (χ4v) is 3.17. The van der Waals surface area contributed by atoms with Crippen molar-refractivity contribution >= 4 is 44.7 Å². The van der Waals surface area contributed by atoms with Gasteiger partial charge < -0.3 is 17.7 Å². The maximum absolute atomic E-state index is 6.09. The number of hydrogen-bond donors (Lipinski definition) is 1. The maximum atomic E-state index is 6.09. The quantitative estimate of drug-likeness (QED) is 0.550. The Morgan fingerprint density at radius 1 is 0.875 bits per heavy atom. The van der Waals surface area contributed by atoms with E-state index in [1.807, 2.05) is 24.3 Å². The van der Waals surface area contributed by atoms with E-state index < -0.39 is 0 Å². The average Bonchev–Trinajstić information content (AvgIpc) is 2.54. The molecule has 0 unspecified atom stereocenters. The number of aromatic amines is 1.